The molecule has 1 unspecified atom stereocenters. The van der Waals surface area contributed by atoms with Crippen molar-refractivity contribution in [2.24, 2.45) is 0 Å². The summed E-state index contributed by atoms with van der Waals surface area (Å²) in [7, 11) is 0. The highest BCUT2D eigenvalue weighted by molar-refractivity contribution is 6.33. The van der Waals surface area contributed by atoms with Crippen LogP contribution in [0.3, 0.4) is 0 Å². The van der Waals surface area contributed by atoms with E-state index in [-0.39, 0.29) is 11.3 Å². The van der Waals surface area contributed by atoms with Gasteiger partial charge in [0.1, 0.15) is 5.75 Å². The highest BCUT2D eigenvalue weighted by Crippen LogP contribution is 2.21. The molecule has 1 atom stereocenters. The Morgan fingerprint density at radius 2 is 1.91 bits per heavy atom. The fourth-order valence-corrected chi connectivity index (χ4v) is 2.00. The first-order valence-corrected chi connectivity index (χ1v) is 7.32. The van der Waals surface area contributed by atoms with Crippen LogP contribution in [0.4, 0.5) is 5.69 Å². The van der Waals surface area contributed by atoms with Crippen molar-refractivity contribution >= 4 is 29.2 Å². The molecule has 6 heteroatoms. The molecule has 23 heavy (non-hydrogen) atoms. The highest BCUT2D eigenvalue weighted by atomic mass is 35.5. The summed E-state index contributed by atoms with van der Waals surface area (Å²) in [6, 6.07) is 11.2. The summed E-state index contributed by atoms with van der Waals surface area (Å²) >= 11 is 5.96. The topological polar surface area (TPSA) is 75.6 Å². The van der Waals surface area contributed by atoms with Crippen LogP contribution < -0.4 is 5.32 Å². The number of amides is 1. The molecule has 0 aliphatic carbocycles. The zero-order valence-electron chi connectivity index (χ0n) is 12.7. The average Bonchev–Trinajstić information content (AvgIpc) is 2.52. The van der Waals surface area contributed by atoms with E-state index in [0.29, 0.717) is 16.3 Å². The van der Waals surface area contributed by atoms with Crippen LogP contribution in [0.5, 0.6) is 5.75 Å². The molecular formula is C17H16ClNO4. The zero-order chi connectivity index (χ0) is 17.0. The van der Waals surface area contributed by atoms with Crippen LogP contribution in [-0.4, -0.2) is 23.1 Å². The van der Waals surface area contributed by atoms with Gasteiger partial charge in [-0.25, -0.2) is 4.79 Å². The van der Waals surface area contributed by atoms with Crippen LogP contribution in [0.2, 0.25) is 5.02 Å². The highest BCUT2D eigenvalue weighted by Gasteiger charge is 2.20. The average molecular weight is 334 g/mol. The quantitative estimate of drug-likeness (QED) is 0.839. The number of nitrogens with one attached hydrogen (secondary N) is 1. The van der Waals surface area contributed by atoms with Gasteiger partial charge in [-0.1, -0.05) is 29.8 Å². The Morgan fingerprint density at radius 1 is 1.22 bits per heavy atom. The number of rotatable bonds is 4. The van der Waals surface area contributed by atoms with Gasteiger partial charge in [-0.3, -0.25) is 4.79 Å². The lowest BCUT2D eigenvalue weighted by Gasteiger charge is -2.14. The van der Waals surface area contributed by atoms with E-state index >= 15 is 0 Å². The Labute approximate surface area is 138 Å². The number of phenols is 1. The van der Waals surface area contributed by atoms with Gasteiger partial charge < -0.3 is 15.2 Å². The molecule has 0 saturated heterocycles. The summed E-state index contributed by atoms with van der Waals surface area (Å²) in [5, 5.41) is 12.6. The lowest BCUT2D eigenvalue weighted by molar-refractivity contribution is -0.123. The molecule has 0 aromatic heterocycles. The Kier molecular flexibility index (Phi) is 5.24. The van der Waals surface area contributed by atoms with E-state index in [0.717, 1.165) is 0 Å². The first-order valence-electron chi connectivity index (χ1n) is 6.94. The molecule has 0 bridgehead atoms. The first kappa shape index (κ1) is 16.8. The van der Waals surface area contributed by atoms with Crippen molar-refractivity contribution in [3.8, 4) is 5.75 Å². The normalized spacial score (nSPS) is 11.6. The number of anilines is 1. The standard InChI is InChI=1S/C17H16ClNO4/c1-10-7-8-12(9-15(10)20)17(22)23-11(2)16(21)19-14-6-4-3-5-13(14)18/h3-9,11,20H,1-2H3,(H,19,21). The van der Waals surface area contributed by atoms with Crippen LogP contribution in [-0.2, 0) is 9.53 Å². The summed E-state index contributed by atoms with van der Waals surface area (Å²) in [5.41, 5.74) is 1.26. The minimum absolute atomic E-state index is 0.00683. The molecule has 5 nitrogen and oxygen atoms in total. The van der Waals surface area contributed by atoms with Gasteiger partial charge in [0.15, 0.2) is 6.10 Å². The van der Waals surface area contributed by atoms with Crippen molar-refractivity contribution in [3.63, 3.8) is 0 Å². The van der Waals surface area contributed by atoms with E-state index in [1.165, 1.54) is 19.1 Å². The number of carbonyl (C=O) groups excluding carboxylic acids is 2. The molecule has 0 spiro atoms. The molecule has 120 valence electrons. The van der Waals surface area contributed by atoms with E-state index in [4.69, 9.17) is 16.3 Å². The Bertz CT molecular complexity index is 745. The van der Waals surface area contributed by atoms with Crippen LogP contribution in [0.1, 0.15) is 22.8 Å². The molecule has 2 rings (SSSR count). The van der Waals surface area contributed by atoms with Gasteiger partial charge in [0.2, 0.25) is 0 Å². The number of benzene rings is 2. The Hall–Kier alpha value is -2.53. The van der Waals surface area contributed by atoms with E-state index in [2.05, 4.69) is 5.32 Å². The lowest BCUT2D eigenvalue weighted by atomic mass is 10.1. The maximum atomic E-state index is 12.1. The third kappa shape index (κ3) is 4.23. The predicted molar refractivity (Wildman–Crippen MR) is 87.8 cm³/mol. The second kappa shape index (κ2) is 7.15. The lowest BCUT2D eigenvalue weighted by Crippen LogP contribution is -2.30. The maximum Gasteiger partial charge on any atom is 0.339 e. The number of aryl methyl sites for hydroxylation is 1. The molecule has 0 aliphatic heterocycles. The van der Waals surface area contributed by atoms with Crippen molar-refractivity contribution in [1.82, 2.24) is 0 Å². The van der Waals surface area contributed by atoms with Crippen LogP contribution in [0.25, 0.3) is 0 Å². The Morgan fingerprint density at radius 3 is 2.57 bits per heavy atom. The smallest absolute Gasteiger partial charge is 0.339 e. The molecule has 0 radical (unpaired) electrons. The number of hydrogen-bond donors (Lipinski definition) is 2. The van der Waals surface area contributed by atoms with Crippen molar-refractivity contribution in [3.05, 3.63) is 58.6 Å². The molecule has 0 aliphatic rings. The summed E-state index contributed by atoms with van der Waals surface area (Å²) in [6.07, 6.45) is -1.01. The molecule has 1 amide bonds. The molecule has 0 heterocycles. The van der Waals surface area contributed by atoms with Gasteiger partial charge in [0.25, 0.3) is 5.91 Å². The van der Waals surface area contributed by atoms with Gasteiger partial charge in [-0.15, -0.1) is 0 Å². The number of esters is 1. The maximum absolute atomic E-state index is 12.1. The molecule has 2 aromatic carbocycles. The van der Waals surface area contributed by atoms with Crippen LogP contribution >= 0.6 is 11.6 Å². The number of para-hydroxylation sites is 1. The summed E-state index contributed by atoms with van der Waals surface area (Å²) < 4.78 is 5.10. The van der Waals surface area contributed by atoms with E-state index in [1.807, 2.05) is 0 Å². The van der Waals surface area contributed by atoms with E-state index in [9.17, 15) is 14.7 Å². The van der Waals surface area contributed by atoms with Gasteiger partial charge in [0.05, 0.1) is 16.3 Å². The fourth-order valence-electron chi connectivity index (χ4n) is 1.82. The SMILES string of the molecule is Cc1ccc(C(=O)OC(C)C(=O)Nc2ccccc2Cl)cc1O. The van der Waals surface area contributed by atoms with Crippen LogP contribution in [0, 0.1) is 6.92 Å². The minimum Gasteiger partial charge on any atom is -0.508 e. The van der Waals surface area contributed by atoms with Gasteiger partial charge in [0, 0.05) is 0 Å². The third-order valence-electron chi connectivity index (χ3n) is 3.23. The minimum atomic E-state index is -1.01. The first-order chi connectivity index (χ1) is 10.9. The number of aromatic hydroxyl groups is 1. The molecule has 2 aromatic rings. The van der Waals surface area contributed by atoms with Crippen molar-refractivity contribution < 1.29 is 19.4 Å². The van der Waals surface area contributed by atoms with E-state index < -0.39 is 18.0 Å². The predicted octanol–water partition coefficient (Wildman–Crippen LogP) is 3.54. The third-order valence-corrected chi connectivity index (χ3v) is 3.56. The van der Waals surface area contributed by atoms with Crippen molar-refractivity contribution in [1.29, 1.82) is 0 Å². The number of halogens is 1. The van der Waals surface area contributed by atoms with Crippen LogP contribution in [0.15, 0.2) is 42.5 Å². The molecule has 0 fully saturated rings. The molecule has 0 saturated carbocycles. The largest absolute Gasteiger partial charge is 0.508 e. The Balaban J connectivity index is 2.01. The number of carbonyl (C=O) groups is 2. The fraction of sp³-hybridized carbons (Fsp3) is 0.176. The summed E-state index contributed by atoms with van der Waals surface area (Å²) in [6.45, 7) is 3.17. The van der Waals surface area contributed by atoms with Crippen molar-refractivity contribution in [2.45, 2.75) is 20.0 Å². The molecular weight excluding hydrogens is 318 g/mol. The number of phenolic OH excluding ortho intramolecular Hbond substituents is 1. The molecule has 2 N–H and O–H groups in total. The summed E-state index contributed by atoms with van der Waals surface area (Å²) in [4.78, 5) is 24.1. The zero-order valence-corrected chi connectivity index (χ0v) is 13.4. The van der Waals surface area contributed by atoms with E-state index in [1.54, 1.807) is 37.3 Å². The van der Waals surface area contributed by atoms with Gasteiger partial charge >= 0.3 is 5.97 Å². The number of ether oxygens (including phenoxy) is 1. The second-order valence-electron chi connectivity index (χ2n) is 5.02. The monoisotopic (exact) mass is 333 g/mol. The summed E-state index contributed by atoms with van der Waals surface area (Å²) in [5.74, 6) is -1.20. The van der Waals surface area contributed by atoms with Gasteiger partial charge in [-0.2, -0.15) is 0 Å². The van der Waals surface area contributed by atoms with Gasteiger partial charge in [-0.05, 0) is 43.7 Å². The van der Waals surface area contributed by atoms with Crippen molar-refractivity contribution in [2.75, 3.05) is 5.32 Å². The second-order valence-corrected chi connectivity index (χ2v) is 5.43. The number of hydrogen-bond acceptors (Lipinski definition) is 4.